The van der Waals surface area contributed by atoms with E-state index >= 15 is 0 Å². The first-order valence-electron chi connectivity index (χ1n) is 9.31. The summed E-state index contributed by atoms with van der Waals surface area (Å²) in [5, 5.41) is 3.05. The number of furan rings is 1. The summed E-state index contributed by atoms with van der Waals surface area (Å²) in [7, 11) is 0. The molecule has 3 rings (SSSR count). The number of hydrogen-bond acceptors (Lipinski definition) is 5. The fraction of sp³-hybridized carbons (Fsp3) is 0.136. The van der Waals surface area contributed by atoms with E-state index < -0.39 is 17.7 Å². The van der Waals surface area contributed by atoms with Crippen LogP contribution in [0, 0.1) is 6.92 Å². The fourth-order valence-electron chi connectivity index (χ4n) is 2.52. The van der Waals surface area contributed by atoms with Gasteiger partial charge in [0.2, 0.25) is 0 Å². The summed E-state index contributed by atoms with van der Waals surface area (Å²) >= 11 is 6.00. The molecule has 160 valence electrons. The highest BCUT2D eigenvalue weighted by molar-refractivity contribution is 6.31. The van der Waals surface area contributed by atoms with Crippen LogP contribution in [-0.4, -0.2) is 24.3 Å². The molecule has 1 aromatic heterocycles. The van der Waals surface area contributed by atoms with E-state index in [-0.39, 0.29) is 12.3 Å². The van der Waals surface area contributed by atoms with Gasteiger partial charge in [-0.1, -0.05) is 23.7 Å². The highest BCUT2D eigenvalue weighted by Crippen LogP contribution is 2.21. The van der Waals surface area contributed by atoms with Crippen LogP contribution in [0.1, 0.15) is 32.0 Å². The Labute approximate surface area is 183 Å². The van der Waals surface area contributed by atoms with Crippen molar-refractivity contribution in [3.05, 3.63) is 88.3 Å². The molecule has 3 aromatic rings. The van der Waals surface area contributed by atoms with Crippen molar-refractivity contribution in [3.63, 3.8) is 0 Å². The third kappa shape index (κ3) is 6.35. The molecule has 9 heteroatoms. The van der Waals surface area contributed by atoms with E-state index in [1.807, 2.05) is 13.0 Å². The molecule has 0 aliphatic carbocycles. The van der Waals surface area contributed by atoms with Crippen LogP contribution in [0.15, 0.2) is 65.3 Å². The topological polar surface area (TPSA) is 110 Å². The van der Waals surface area contributed by atoms with E-state index in [0.29, 0.717) is 22.9 Å². The number of halogens is 1. The minimum absolute atomic E-state index is 0.0899. The van der Waals surface area contributed by atoms with Crippen LogP contribution < -0.4 is 20.9 Å². The van der Waals surface area contributed by atoms with Crippen molar-refractivity contribution in [2.24, 2.45) is 0 Å². The number of amides is 3. The van der Waals surface area contributed by atoms with Gasteiger partial charge in [-0.2, -0.15) is 0 Å². The first kappa shape index (κ1) is 21.9. The third-order valence-corrected chi connectivity index (χ3v) is 4.65. The van der Waals surface area contributed by atoms with Gasteiger partial charge in [-0.25, -0.2) is 0 Å². The van der Waals surface area contributed by atoms with Gasteiger partial charge >= 0.3 is 0 Å². The molecule has 31 heavy (non-hydrogen) atoms. The molecular weight excluding hydrogens is 422 g/mol. The van der Waals surface area contributed by atoms with Crippen LogP contribution in [0.4, 0.5) is 0 Å². The Balaban J connectivity index is 1.42. The van der Waals surface area contributed by atoms with E-state index in [4.69, 9.17) is 20.8 Å². The van der Waals surface area contributed by atoms with Crippen molar-refractivity contribution >= 4 is 29.3 Å². The molecule has 0 fully saturated rings. The molecule has 3 amide bonds. The maximum Gasteiger partial charge on any atom is 0.287 e. The van der Waals surface area contributed by atoms with Gasteiger partial charge in [-0.3, -0.25) is 25.2 Å². The largest absolute Gasteiger partial charge is 0.489 e. The number of aryl methyl sites for hydroxylation is 1. The van der Waals surface area contributed by atoms with E-state index in [1.54, 1.807) is 42.5 Å². The van der Waals surface area contributed by atoms with Crippen LogP contribution in [0.2, 0.25) is 5.02 Å². The lowest BCUT2D eigenvalue weighted by Gasteiger charge is -2.10. The number of nitrogens with one attached hydrogen (secondary N) is 3. The predicted octanol–water partition coefficient (Wildman–Crippen LogP) is 3.01. The summed E-state index contributed by atoms with van der Waals surface area (Å²) in [5.74, 6) is -0.821. The summed E-state index contributed by atoms with van der Waals surface area (Å²) in [5.41, 5.74) is 6.67. The third-order valence-electron chi connectivity index (χ3n) is 4.22. The number of benzene rings is 2. The molecule has 0 atom stereocenters. The monoisotopic (exact) mass is 441 g/mol. The molecule has 0 saturated heterocycles. The van der Waals surface area contributed by atoms with Crippen molar-refractivity contribution in [1.82, 2.24) is 16.2 Å². The summed E-state index contributed by atoms with van der Waals surface area (Å²) in [6.07, 6.45) is 1.35. The van der Waals surface area contributed by atoms with E-state index in [1.165, 1.54) is 12.3 Å². The maximum absolute atomic E-state index is 12.2. The zero-order valence-corrected chi connectivity index (χ0v) is 17.4. The number of carbonyl (C=O) groups is 3. The summed E-state index contributed by atoms with van der Waals surface area (Å²) < 4.78 is 10.6. The molecular formula is C22H20ClN3O5. The molecule has 8 nitrogen and oxygen atoms in total. The Hall–Kier alpha value is -3.78. The first-order chi connectivity index (χ1) is 14.9. The van der Waals surface area contributed by atoms with Gasteiger partial charge in [0.25, 0.3) is 17.7 Å². The molecule has 3 N–H and O–H groups in total. The second kappa shape index (κ2) is 10.3. The summed E-state index contributed by atoms with van der Waals surface area (Å²) in [6, 6.07) is 15.2. The number of carbonyl (C=O) groups excluding carboxylic acids is 3. The summed E-state index contributed by atoms with van der Waals surface area (Å²) in [6.45, 7) is 1.91. The van der Waals surface area contributed by atoms with Crippen molar-refractivity contribution in [2.75, 3.05) is 6.54 Å². The summed E-state index contributed by atoms with van der Waals surface area (Å²) in [4.78, 5) is 35.6. The van der Waals surface area contributed by atoms with Gasteiger partial charge in [-0.05, 0) is 60.5 Å². The van der Waals surface area contributed by atoms with E-state index in [9.17, 15) is 14.4 Å². The molecule has 0 bridgehead atoms. The van der Waals surface area contributed by atoms with Crippen molar-refractivity contribution in [2.45, 2.75) is 13.5 Å². The molecule has 0 aliphatic heterocycles. The number of ether oxygens (including phenoxy) is 1. The van der Waals surface area contributed by atoms with E-state index in [2.05, 4.69) is 16.2 Å². The average Bonchev–Trinajstić information content (AvgIpc) is 3.32. The predicted molar refractivity (Wildman–Crippen MR) is 114 cm³/mol. The van der Waals surface area contributed by atoms with Crippen LogP contribution in [0.5, 0.6) is 5.75 Å². The molecule has 0 aliphatic rings. The zero-order chi connectivity index (χ0) is 22.2. The van der Waals surface area contributed by atoms with Crippen molar-refractivity contribution in [3.8, 4) is 5.75 Å². The maximum atomic E-state index is 12.2. The molecule has 1 heterocycles. The lowest BCUT2D eigenvalue weighted by Crippen LogP contribution is -2.46. The number of hydrogen-bond donors (Lipinski definition) is 3. The van der Waals surface area contributed by atoms with Crippen molar-refractivity contribution < 1.29 is 23.5 Å². The van der Waals surface area contributed by atoms with E-state index in [0.717, 1.165) is 11.1 Å². The highest BCUT2D eigenvalue weighted by atomic mass is 35.5. The highest BCUT2D eigenvalue weighted by Gasteiger charge is 2.11. The van der Waals surface area contributed by atoms with Gasteiger partial charge in [0.15, 0.2) is 5.76 Å². The quantitative estimate of drug-likeness (QED) is 0.488. The Morgan fingerprint density at radius 3 is 2.45 bits per heavy atom. The molecule has 0 radical (unpaired) electrons. The zero-order valence-electron chi connectivity index (χ0n) is 16.6. The van der Waals surface area contributed by atoms with Crippen LogP contribution in [0.3, 0.4) is 0 Å². The Morgan fingerprint density at radius 1 is 1.00 bits per heavy atom. The second-order valence-electron chi connectivity index (χ2n) is 6.56. The van der Waals surface area contributed by atoms with Gasteiger partial charge in [0.05, 0.1) is 12.8 Å². The standard InChI is InChI=1S/C22H20ClN3O5/c1-14-11-17(8-9-18(14)23)31-13-15-4-6-16(7-5-15)21(28)26-25-20(27)12-24-22(29)19-3-2-10-30-19/h2-11H,12-13H2,1H3,(H,24,29)(H,25,27)(H,26,28). The minimum atomic E-state index is -0.587. The Bertz CT molecular complexity index is 1070. The Morgan fingerprint density at radius 2 is 1.77 bits per heavy atom. The van der Waals surface area contributed by atoms with Crippen LogP contribution in [-0.2, 0) is 11.4 Å². The Kier molecular flexibility index (Phi) is 7.29. The van der Waals surface area contributed by atoms with Gasteiger partial charge in [0.1, 0.15) is 12.4 Å². The van der Waals surface area contributed by atoms with Gasteiger partial charge in [-0.15, -0.1) is 0 Å². The van der Waals surface area contributed by atoms with Crippen LogP contribution in [0.25, 0.3) is 0 Å². The molecule has 0 spiro atoms. The SMILES string of the molecule is Cc1cc(OCc2ccc(C(=O)NNC(=O)CNC(=O)c3ccco3)cc2)ccc1Cl. The van der Waals surface area contributed by atoms with Crippen LogP contribution >= 0.6 is 11.6 Å². The fourth-order valence-corrected chi connectivity index (χ4v) is 2.64. The lowest BCUT2D eigenvalue weighted by atomic mass is 10.1. The second-order valence-corrected chi connectivity index (χ2v) is 6.97. The smallest absolute Gasteiger partial charge is 0.287 e. The average molecular weight is 442 g/mol. The molecule has 2 aromatic carbocycles. The van der Waals surface area contributed by atoms with Gasteiger partial charge in [0, 0.05) is 10.6 Å². The number of rotatable bonds is 7. The lowest BCUT2D eigenvalue weighted by molar-refractivity contribution is -0.120. The molecule has 0 saturated carbocycles. The number of hydrazine groups is 1. The normalized spacial score (nSPS) is 10.3. The minimum Gasteiger partial charge on any atom is -0.489 e. The van der Waals surface area contributed by atoms with Gasteiger partial charge < -0.3 is 14.5 Å². The van der Waals surface area contributed by atoms with Crippen molar-refractivity contribution in [1.29, 1.82) is 0 Å². The first-order valence-corrected chi connectivity index (χ1v) is 9.69. The molecule has 0 unspecified atom stereocenters.